The zero-order chi connectivity index (χ0) is 9.80. The Morgan fingerprint density at radius 3 is 2.80 bits per heavy atom. The predicted octanol–water partition coefficient (Wildman–Crippen LogP) is 2.98. The molecule has 0 aliphatic carbocycles. The van der Waals surface area contributed by atoms with E-state index in [0.717, 1.165) is 17.0 Å². The first kappa shape index (κ1) is 12.4. The van der Waals surface area contributed by atoms with Crippen molar-refractivity contribution in [2.45, 2.75) is 5.75 Å². The van der Waals surface area contributed by atoms with Crippen molar-refractivity contribution in [3.8, 4) is 11.3 Å². The van der Waals surface area contributed by atoms with Crippen LogP contribution >= 0.6 is 12.6 Å². The monoisotopic (exact) mass is 393 g/mol. The van der Waals surface area contributed by atoms with E-state index in [4.69, 9.17) is 0 Å². The van der Waals surface area contributed by atoms with Crippen molar-refractivity contribution in [3.63, 3.8) is 0 Å². The van der Waals surface area contributed by atoms with Crippen LogP contribution in [0.4, 0.5) is 0 Å². The van der Waals surface area contributed by atoms with Gasteiger partial charge in [-0.2, -0.15) is 12.6 Å². The molecule has 0 saturated carbocycles. The predicted molar refractivity (Wildman–Crippen MR) is 61.2 cm³/mol. The van der Waals surface area contributed by atoms with Gasteiger partial charge in [0.1, 0.15) is 0 Å². The van der Waals surface area contributed by atoms with Gasteiger partial charge in [-0.15, -0.1) is 35.4 Å². The van der Waals surface area contributed by atoms with Crippen molar-refractivity contribution in [1.82, 2.24) is 4.98 Å². The van der Waals surface area contributed by atoms with Gasteiger partial charge < -0.3 is 4.98 Å². The number of rotatable bonds is 2. The van der Waals surface area contributed by atoms with Crippen LogP contribution < -0.4 is 0 Å². The van der Waals surface area contributed by atoms with E-state index in [1.54, 1.807) is 6.20 Å². The molecule has 0 spiro atoms. The molecular formula is C12H10IrNS-. The summed E-state index contributed by atoms with van der Waals surface area (Å²) in [4.78, 5) is 4.27. The molecule has 1 aromatic carbocycles. The van der Waals surface area contributed by atoms with E-state index in [2.05, 4.69) is 29.7 Å². The number of aromatic nitrogens is 1. The SMILES string of the molecule is SCc1cc[c-]c(-c2ccccn2)c1.[Ir]. The standard InChI is InChI=1S/C12H10NS.Ir/c14-9-10-4-3-5-11(8-10)12-6-1-2-7-13-12;/h1-4,6-8,14H,9H2;/q-1;. The summed E-state index contributed by atoms with van der Waals surface area (Å²) in [6, 6.07) is 15.0. The molecule has 15 heavy (non-hydrogen) atoms. The van der Waals surface area contributed by atoms with Crippen LogP contribution in [0.3, 0.4) is 0 Å². The van der Waals surface area contributed by atoms with Crippen LogP contribution in [0.5, 0.6) is 0 Å². The molecule has 2 aromatic rings. The molecule has 1 aromatic heterocycles. The first-order valence-electron chi connectivity index (χ1n) is 4.43. The molecule has 0 aliphatic rings. The van der Waals surface area contributed by atoms with Gasteiger partial charge in [0, 0.05) is 26.3 Å². The van der Waals surface area contributed by atoms with E-state index in [9.17, 15) is 0 Å². The summed E-state index contributed by atoms with van der Waals surface area (Å²) in [5.41, 5.74) is 3.17. The Hall–Kier alpha value is -0.631. The van der Waals surface area contributed by atoms with Gasteiger partial charge in [0.2, 0.25) is 0 Å². The van der Waals surface area contributed by atoms with Gasteiger partial charge in [-0.05, 0) is 17.5 Å². The van der Waals surface area contributed by atoms with Crippen molar-refractivity contribution >= 4 is 12.6 Å². The number of nitrogens with zero attached hydrogens (tertiary/aromatic N) is 1. The third-order valence-electron chi connectivity index (χ3n) is 1.99. The molecule has 0 atom stereocenters. The van der Waals surface area contributed by atoms with Gasteiger partial charge in [-0.3, -0.25) is 0 Å². The van der Waals surface area contributed by atoms with Gasteiger partial charge in [0.05, 0.1) is 0 Å². The molecule has 1 heterocycles. The first-order valence-corrected chi connectivity index (χ1v) is 5.06. The average molecular weight is 393 g/mol. The van der Waals surface area contributed by atoms with Crippen molar-refractivity contribution in [3.05, 3.63) is 54.2 Å². The summed E-state index contributed by atoms with van der Waals surface area (Å²) >= 11 is 4.24. The van der Waals surface area contributed by atoms with Crippen LogP contribution in [0.15, 0.2) is 42.6 Å². The van der Waals surface area contributed by atoms with Crippen LogP contribution in [0, 0.1) is 6.07 Å². The fourth-order valence-electron chi connectivity index (χ4n) is 1.28. The third kappa shape index (κ3) is 3.16. The summed E-state index contributed by atoms with van der Waals surface area (Å²) in [5.74, 6) is 0.745. The fraction of sp³-hybridized carbons (Fsp3) is 0.0833. The van der Waals surface area contributed by atoms with E-state index >= 15 is 0 Å². The molecular weight excluding hydrogens is 382 g/mol. The maximum absolute atomic E-state index is 4.27. The number of hydrogen-bond donors (Lipinski definition) is 1. The fourth-order valence-corrected chi connectivity index (χ4v) is 1.48. The Kier molecular flexibility index (Phi) is 5.03. The van der Waals surface area contributed by atoms with E-state index in [-0.39, 0.29) is 20.1 Å². The van der Waals surface area contributed by atoms with Crippen molar-refractivity contribution in [2.75, 3.05) is 0 Å². The van der Waals surface area contributed by atoms with Crippen LogP contribution in [-0.2, 0) is 25.9 Å². The van der Waals surface area contributed by atoms with Crippen LogP contribution in [0.2, 0.25) is 0 Å². The molecule has 0 bridgehead atoms. The van der Waals surface area contributed by atoms with Crippen molar-refractivity contribution in [1.29, 1.82) is 0 Å². The maximum Gasteiger partial charge on any atom is 0.0160 e. The molecule has 1 nitrogen and oxygen atoms in total. The molecule has 1 radical (unpaired) electrons. The Morgan fingerprint density at radius 2 is 2.13 bits per heavy atom. The summed E-state index contributed by atoms with van der Waals surface area (Å²) in [7, 11) is 0. The molecule has 2 rings (SSSR count). The number of thiol groups is 1. The summed E-state index contributed by atoms with van der Waals surface area (Å²) in [6.07, 6.45) is 1.79. The van der Waals surface area contributed by atoms with Gasteiger partial charge in [0.15, 0.2) is 0 Å². The van der Waals surface area contributed by atoms with Crippen LogP contribution in [0.25, 0.3) is 11.3 Å². The molecule has 0 unspecified atom stereocenters. The summed E-state index contributed by atoms with van der Waals surface area (Å²) in [5, 5.41) is 0. The molecule has 0 N–H and O–H groups in total. The van der Waals surface area contributed by atoms with E-state index < -0.39 is 0 Å². The van der Waals surface area contributed by atoms with Crippen LogP contribution in [-0.4, -0.2) is 4.98 Å². The zero-order valence-corrected chi connectivity index (χ0v) is 11.3. The number of pyridine rings is 1. The molecule has 0 aliphatic heterocycles. The molecule has 3 heteroatoms. The molecule has 0 fully saturated rings. The van der Waals surface area contributed by atoms with Crippen LogP contribution in [0.1, 0.15) is 5.56 Å². The minimum atomic E-state index is 0. The smallest absolute Gasteiger partial charge is 0.0160 e. The number of benzene rings is 1. The summed E-state index contributed by atoms with van der Waals surface area (Å²) in [6.45, 7) is 0. The minimum Gasteiger partial charge on any atom is -0.305 e. The van der Waals surface area contributed by atoms with Gasteiger partial charge in [-0.25, -0.2) is 0 Å². The Labute approximate surface area is 109 Å². The first-order chi connectivity index (χ1) is 6.90. The Bertz CT molecular complexity index is 417. The molecule has 79 valence electrons. The average Bonchev–Trinajstić information content (AvgIpc) is 2.30. The molecule has 0 saturated heterocycles. The second kappa shape index (κ2) is 6.06. The second-order valence-electron chi connectivity index (χ2n) is 2.98. The van der Waals surface area contributed by atoms with E-state index in [0.29, 0.717) is 0 Å². The van der Waals surface area contributed by atoms with Crippen molar-refractivity contribution in [2.24, 2.45) is 0 Å². The largest absolute Gasteiger partial charge is 0.305 e. The second-order valence-corrected chi connectivity index (χ2v) is 3.30. The Balaban J connectivity index is 0.00000112. The Morgan fingerprint density at radius 1 is 1.27 bits per heavy atom. The molecule has 0 amide bonds. The quantitative estimate of drug-likeness (QED) is 0.613. The van der Waals surface area contributed by atoms with E-state index in [1.165, 1.54) is 5.56 Å². The van der Waals surface area contributed by atoms with E-state index in [1.807, 2.05) is 30.3 Å². The normalized spacial score (nSPS) is 9.40. The van der Waals surface area contributed by atoms with Gasteiger partial charge >= 0.3 is 0 Å². The zero-order valence-electron chi connectivity index (χ0n) is 7.98. The van der Waals surface area contributed by atoms with Gasteiger partial charge in [-0.1, -0.05) is 12.1 Å². The van der Waals surface area contributed by atoms with Gasteiger partial charge in [0.25, 0.3) is 0 Å². The topological polar surface area (TPSA) is 12.9 Å². The van der Waals surface area contributed by atoms with Crippen molar-refractivity contribution < 1.29 is 20.1 Å². The third-order valence-corrected chi connectivity index (χ3v) is 2.35. The summed E-state index contributed by atoms with van der Waals surface area (Å²) < 4.78 is 0. The number of hydrogen-bond acceptors (Lipinski definition) is 2. The maximum atomic E-state index is 4.27. The minimum absolute atomic E-state index is 0.